The molecule has 0 spiro atoms. The van der Waals surface area contributed by atoms with Crippen LogP contribution in [-0.2, 0) is 13.0 Å². The molecule has 1 aliphatic heterocycles. The molecule has 3 aromatic rings. The van der Waals surface area contributed by atoms with Crippen LogP contribution in [0, 0.1) is 0 Å². The number of aromatic amines is 1. The van der Waals surface area contributed by atoms with Crippen LogP contribution >= 0.6 is 15.9 Å². The standard InChI is InChI=1S/C15H13BrN4O/c16-10-6-4-9(5-7-10)13-18-12-14(19-13)17-11-3-1-2-8-20(11)15(12)21/h4-7H,1-3,8H2,(H,18,19). The van der Waals surface area contributed by atoms with Crippen LogP contribution < -0.4 is 5.56 Å². The Morgan fingerprint density at radius 1 is 1.14 bits per heavy atom. The largest absolute Gasteiger partial charge is 0.322 e. The molecule has 0 saturated carbocycles. The van der Waals surface area contributed by atoms with Crippen LogP contribution in [0.1, 0.15) is 18.7 Å². The number of hydrogen-bond acceptors (Lipinski definition) is 3. The minimum absolute atomic E-state index is 0.0330. The number of nitrogens with zero attached hydrogens (tertiary/aromatic N) is 3. The molecule has 0 atom stereocenters. The zero-order valence-corrected chi connectivity index (χ0v) is 12.9. The Labute approximate surface area is 129 Å². The molecular weight excluding hydrogens is 332 g/mol. The molecule has 2 aromatic heterocycles. The number of hydrogen-bond donors (Lipinski definition) is 1. The lowest BCUT2D eigenvalue weighted by Crippen LogP contribution is -2.28. The summed E-state index contributed by atoms with van der Waals surface area (Å²) in [6.45, 7) is 0.748. The zero-order chi connectivity index (χ0) is 14.4. The van der Waals surface area contributed by atoms with E-state index in [0.29, 0.717) is 17.0 Å². The van der Waals surface area contributed by atoms with Crippen LogP contribution in [0.15, 0.2) is 33.5 Å². The summed E-state index contributed by atoms with van der Waals surface area (Å²) in [5.41, 5.74) is 1.93. The summed E-state index contributed by atoms with van der Waals surface area (Å²) in [6.07, 6.45) is 2.98. The highest BCUT2D eigenvalue weighted by atomic mass is 79.9. The van der Waals surface area contributed by atoms with Crippen molar-refractivity contribution in [3.63, 3.8) is 0 Å². The van der Waals surface area contributed by atoms with Crippen LogP contribution in [0.25, 0.3) is 22.6 Å². The monoisotopic (exact) mass is 344 g/mol. The van der Waals surface area contributed by atoms with E-state index >= 15 is 0 Å². The van der Waals surface area contributed by atoms with Crippen LogP contribution in [0.5, 0.6) is 0 Å². The molecule has 3 heterocycles. The number of fused-ring (bicyclic) bond motifs is 2. The maximum absolute atomic E-state index is 12.5. The smallest absolute Gasteiger partial charge is 0.281 e. The number of imidazole rings is 1. The van der Waals surface area contributed by atoms with Gasteiger partial charge >= 0.3 is 0 Å². The van der Waals surface area contributed by atoms with Gasteiger partial charge in [-0.05, 0) is 25.0 Å². The first-order valence-corrected chi connectivity index (χ1v) is 7.77. The van der Waals surface area contributed by atoms with Crippen molar-refractivity contribution in [3.05, 3.63) is 44.9 Å². The molecule has 1 N–H and O–H groups in total. The summed E-state index contributed by atoms with van der Waals surface area (Å²) in [6, 6.07) is 7.82. The molecule has 0 radical (unpaired) electrons. The van der Waals surface area contributed by atoms with Crippen molar-refractivity contribution >= 4 is 27.1 Å². The summed E-state index contributed by atoms with van der Waals surface area (Å²) in [4.78, 5) is 24.7. The van der Waals surface area contributed by atoms with E-state index in [1.54, 1.807) is 4.57 Å². The minimum atomic E-state index is -0.0330. The second-order valence-electron chi connectivity index (χ2n) is 5.23. The van der Waals surface area contributed by atoms with Crippen molar-refractivity contribution in [2.24, 2.45) is 0 Å². The van der Waals surface area contributed by atoms with Crippen LogP contribution in [0.3, 0.4) is 0 Å². The molecule has 0 amide bonds. The topological polar surface area (TPSA) is 63.6 Å². The van der Waals surface area contributed by atoms with Gasteiger partial charge in [-0.3, -0.25) is 9.36 Å². The number of aromatic nitrogens is 4. The van der Waals surface area contributed by atoms with E-state index in [1.807, 2.05) is 24.3 Å². The van der Waals surface area contributed by atoms with Crippen LogP contribution in [-0.4, -0.2) is 19.5 Å². The summed E-state index contributed by atoms with van der Waals surface area (Å²) in [5.74, 6) is 1.55. The number of halogens is 1. The number of benzene rings is 1. The number of H-pyrrole nitrogens is 1. The predicted molar refractivity (Wildman–Crippen MR) is 84.2 cm³/mol. The fourth-order valence-electron chi connectivity index (χ4n) is 2.75. The maximum Gasteiger partial charge on any atom is 0.281 e. The van der Waals surface area contributed by atoms with E-state index in [4.69, 9.17) is 0 Å². The van der Waals surface area contributed by atoms with Gasteiger partial charge in [0.2, 0.25) is 0 Å². The molecule has 0 bridgehead atoms. The molecule has 0 saturated heterocycles. The van der Waals surface area contributed by atoms with E-state index in [-0.39, 0.29) is 5.56 Å². The van der Waals surface area contributed by atoms with Gasteiger partial charge in [-0.2, -0.15) is 0 Å². The van der Waals surface area contributed by atoms with Crippen molar-refractivity contribution in [2.75, 3.05) is 0 Å². The minimum Gasteiger partial charge on any atom is -0.322 e. The summed E-state index contributed by atoms with van der Waals surface area (Å²) in [5, 5.41) is 0. The normalized spacial score (nSPS) is 14.3. The first-order valence-electron chi connectivity index (χ1n) is 6.98. The molecule has 1 aliphatic rings. The van der Waals surface area contributed by atoms with E-state index in [0.717, 1.165) is 41.7 Å². The average Bonchev–Trinajstić information content (AvgIpc) is 2.92. The van der Waals surface area contributed by atoms with E-state index in [9.17, 15) is 4.79 Å². The van der Waals surface area contributed by atoms with Gasteiger partial charge in [-0.15, -0.1) is 0 Å². The van der Waals surface area contributed by atoms with Gasteiger partial charge < -0.3 is 4.98 Å². The molecule has 0 aliphatic carbocycles. The van der Waals surface area contributed by atoms with Gasteiger partial charge in [0.25, 0.3) is 5.56 Å². The fourth-order valence-corrected chi connectivity index (χ4v) is 3.01. The lowest BCUT2D eigenvalue weighted by Gasteiger charge is -2.16. The Kier molecular flexibility index (Phi) is 2.92. The Morgan fingerprint density at radius 2 is 1.95 bits per heavy atom. The molecule has 0 fully saturated rings. The molecule has 1 aromatic carbocycles. The molecule has 106 valence electrons. The Hall–Kier alpha value is -1.95. The van der Waals surface area contributed by atoms with E-state index in [1.165, 1.54) is 0 Å². The van der Waals surface area contributed by atoms with Crippen molar-refractivity contribution < 1.29 is 0 Å². The molecule has 4 rings (SSSR count). The second-order valence-corrected chi connectivity index (χ2v) is 6.15. The highest BCUT2D eigenvalue weighted by Crippen LogP contribution is 2.21. The highest BCUT2D eigenvalue weighted by Gasteiger charge is 2.17. The van der Waals surface area contributed by atoms with Gasteiger partial charge in [0.05, 0.1) is 0 Å². The van der Waals surface area contributed by atoms with E-state index < -0.39 is 0 Å². The van der Waals surface area contributed by atoms with Gasteiger partial charge in [0.15, 0.2) is 11.2 Å². The third-order valence-electron chi connectivity index (χ3n) is 3.83. The summed E-state index contributed by atoms with van der Waals surface area (Å²) >= 11 is 3.41. The number of nitrogens with one attached hydrogen (secondary N) is 1. The van der Waals surface area contributed by atoms with Gasteiger partial charge in [0.1, 0.15) is 11.6 Å². The summed E-state index contributed by atoms with van der Waals surface area (Å²) in [7, 11) is 0. The SMILES string of the molecule is O=c1c2nc(-c3ccc(Br)cc3)[nH]c2nc2n1CCCC2. The fraction of sp³-hybridized carbons (Fsp3) is 0.267. The van der Waals surface area contributed by atoms with Gasteiger partial charge in [-0.1, -0.05) is 28.1 Å². The third-order valence-corrected chi connectivity index (χ3v) is 4.36. The quantitative estimate of drug-likeness (QED) is 0.738. The third kappa shape index (κ3) is 2.10. The molecular formula is C15H13BrN4O. The first kappa shape index (κ1) is 12.8. The van der Waals surface area contributed by atoms with Crippen molar-refractivity contribution in [1.29, 1.82) is 0 Å². The van der Waals surface area contributed by atoms with E-state index in [2.05, 4.69) is 30.9 Å². The van der Waals surface area contributed by atoms with Crippen molar-refractivity contribution in [1.82, 2.24) is 19.5 Å². The molecule has 0 unspecified atom stereocenters. The lowest BCUT2D eigenvalue weighted by molar-refractivity contribution is 0.500. The zero-order valence-electron chi connectivity index (χ0n) is 11.3. The van der Waals surface area contributed by atoms with Crippen LogP contribution in [0.4, 0.5) is 0 Å². The van der Waals surface area contributed by atoms with Crippen LogP contribution in [0.2, 0.25) is 0 Å². The number of rotatable bonds is 1. The molecule has 6 heteroatoms. The van der Waals surface area contributed by atoms with Crippen molar-refractivity contribution in [2.45, 2.75) is 25.8 Å². The maximum atomic E-state index is 12.5. The lowest BCUT2D eigenvalue weighted by atomic mass is 10.1. The van der Waals surface area contributed by atoms with Gasteiger partial charge in [0, 0.05) is 23.0 Å². The average molecular weight is 345 g/mol. The van der Waals surface area contributed by atoms with Gasteiger partial charge in [-0.25, -0.2) is 9.97 Å². The molecule has 21 heavy (non-hydrogen) atoms. The number of aryl methyl sites for hydroxylation is 1. The molecule has 5 nitrogen and oxygen atoms in total. The second kappa shape index (κ2) is 4.80. The first-order chi connectivity index (χ1) is 10.2. The predicted octanol–water partition coefficient (Wildman–Crippen LogP) is 2.89. The highest BCUT2D eigenvalue weighted by molar-refractivity contribution is 9.10. The van der Waals surface area contributed by atoms with Crippen molar-refractivity contribution in [3.8, 4) is 11.4 Å². The Bertz CT molecular complexity index is 879. The summed E-state index contributed by atoms with van der Waals surface area (Å²) < 4.78 is 2.77. The Balaban J connectivity index is 1.92. The Morgan fingerprint density at radius 3 is 2.76 bits per heavy atom.